The number of fused-ring (bicyclic) bond motifs is 2. The lowest BCUT2D eigenvalue weighted by Crippen LogP contribution is -2.52. The van der Waals surface area contributed by atoms with Gasteiger partial charge in [-0.15, -0.1) is 0 Å². The van der Waals surface area contributed by atoms with E-state index in [1.807, 2.05) is 17.9 Å². The third-order valence-corrected chi connectivity index (χ3v) is 7.73. The number of ether oxygens (including phenoxy) is 2. The van der Waals surface area contributed by atoms with E-state index in [9.17, 15) is 14.3 Å². The Morgan fingerprint density at radius 1 is 1.22 bits per heavy atom. The number of hydrogen-bond acceptors (Lipinski definition) is 7. The molecule has 2 saturated heterocycles. The molecule has 1 aromatic heterocycles. The van der Waals surface area contributed by atoms with E-state index < -0.39 is 18.0 Å². The highest BCUT2D eigenvalue weighted by Crippen LogP contribution is 2.36. The molecule has 2 fully saturated rings. The number of nitrogens with one attached hydrogen (secondary N) is 1. The van der Waals surface area contributed by atoms with Crippen molar-refractivity contribution in [1.29, 1.82) is 0 Å². The summed E-state index contributed by atoms with van der Waals surface area (Å²) in [5.74, 6) is -0.513. The smallest absolute Gasteiger partial charge is 0.225 e. The molecular formula is C27H32FN5O4. The Morgan fingerprint density at radius 3 is 2.86 bits per heavy atom. The molecule has 3 aliphatic heterocycles. The monoisotopic (exact) mass is 509 g/mol. The van der Waals surface area contributed by atoms with E-state index in [1.165, 1.54) is 6.07 Å². The van der Waals surface area contributed by atoms with E-state index in [0.717, 1.165) is 49.1 Å². The van der Waals surface area contributed by atoms with Crippen molar-refractivity contribution in [2.24, 2.45) is 13.0 Å². The number of likely N-dealkylation sites (tertiary alicyclic amines) is 1. The van der Waals surface area contributed by atoms with Gasteiger partial charge in [0.15, 0.2) is 17.3 Å². The molecule has 0 aliphatic carbocycles. The van der Waals surface area contributed by atoms with E-state index in [0.29, 0.717) is 25.3 Å². The van der Waals surface area contributed by atoms with Crippen molar-refractivity contribution >= 4 is 22.5 Å². The average Bonchev–Trinajstić information content (AvgIpc) is 3.52. The number of anilines is 1. The van der Waals surface area contributed by atoms with Crippen LogP contribution in [0.1, 0.15) is 24.5 Å². The Kier molecular flexibility index (Phi) is 6.37. The van der Waals surface area contributed by atoms with Gasteiger partial charge in [-0.3, -0.25) is 9.48 Å². The highest BCUT2D eigenvalue weighted by Gasteiger charge is 2.34. The highest BCUT2D eigenvalue weighted by atomic mass is 19.1. The Hall–Kier alpha value is -3.37. The Labute approximate surface area is 214 Å². The van der Waals surface area contributed by atoms with Crippen LogP contribution in [0.25, 0.3) is 10.9 Å². The minimum atomic E-state index is -1.08. The summed E-state index contributed by atoms with van der Waals surface area (Å²) in [5, 5.41) is 19.8. The first kappa shape index (κ1) is 24.0. The number of hydrogen-bond donors (Lipinski definition) is 2. The third-order valence-electron chi connectivity index (χ3n) is 7.73. The van der Waals surface area contributed by atoms with Crippen LogP contribution in [0.5, 0.6) is 11.5 Å². The molecule has 1 amide bonds. The lowest BCUT2D eigenvalue weighted by Gasteiger charge is -2.36. The maximum Gasteiger partial charge on any atom is 0.225 e. The highest BCUT2D eigenvalue weighted by molar-refractivity contribution is 5.84. The minimum Gasteiger partial charge on any atom is -0.486 e. The number of aliphatic hydroxyl groups is 1. The van der Waals surface area contributed by atoms with E-state index in [-0.39, 0.29) is 29.9 Å². The van der Waals surface area contributed by atoms with E-state index in [4.69, 9.17) is 9.47 Å². The first-order valence-electron chi connectivity index (χ1n) is 12.9. The van der Waals surface area contributed by atoms with Crippen molar-refractivity contribution in [3.63, 3.8) is 0 Å². The van der Waals surface area contributed by atoms with E-state index >= 15 is 0 Å². The van der Waals surface area contributed by atoms with Crippen LogP contribution in [0.2, 0.25) is 0 Å². The van der Waals surface area contributed by atoms with Gasteiger partial charge in [0.2, 0.25) is 5.91 Å². The summed E-state index contributed by atoms with van der Waals surface area (Å²) >= 11 is 0. The summed E-state index contributed by atoms with van der Waals surface area (Å²) < 4.78 is 27.5. The van der Waals surface area contributed by atoms with Gasteiger partial charge in [0.05, 0.1) is 23.7 Å². The Morgan fingerprint density at radius 2 is 2.05 bits per heavy atom. The Balaban J connectivity index is 1.16. The summed E-state index contributed by atoms with van der Waals surface area (Å²) in [6, 6.07) is 8.54. The van der Waals surface area contributed by atoms with Gasteiger partial charge < -0.3 is 29.7 Å². The molecule has 0 saturated carbocycles. The molecule has 196 valence electrons. The molecule has 3 aliphatic rings. The van der Waals surface area contributed by atoms with Gasteiger partial charge in [-0.2, -0.15) is 5.10 Å². The predicted molar refractivity (Wildman–Crippen MR) is 136 cm³/mol. The fraction of sp³-hybridized carbons (Fsp3) is 0.481. The number of carbonyl (C=O) groups is 1. The first-order chi connectivity index (χ1) is 18.0. The molecular weight excluding hydrogens is 477 g/mol. The molecule has 0 radical (unpaired) electrons. The fourth-order valence-corrected chi connectivity index (χ4v) is 5.44. The van der Waals surface area contributed by atoms with Crippen LogP contribution in [-0.2, 0) is 11.8 Å². The number of amides is 1. The van der Waals surface area contributed by atoms with Gasteiger partial charge in [0.25, 0.3) is 0 Å². The molecule has 3 aromatic rings. The van der Waals surface area contributed by atoms with Crippen LogP contribution in [0, 0.1) is 11.7 Å². The SMILES string of the molecule is Cn1ncc2ccc(N3CC[C@@H](C(=O)N[C@H](CN4CCC4)[C@H](O)c4cc(F)c5c(c4)OCCO5)C3)cc21. The minimum absolute atomic E-state index is 0.0703. The number of aryl methyl sites for hydroxylation is 1. The van der Waals surface area contributed by atoms with Gasteiger partial charge in [0, 0.05) is 37.8 Å². The number of nitrogens with zero attached hydrogens (tertiary/aromatic N) is 4. The first-order valence-corrected chi connectivity index (χ1v) is 12.9. The van der Waals surface area contributed by atoms with Crippen molar-refractivity contribution < 1.29 is 23.8 Å². The number of rotatable bonds is 7. The van der Waals surface area contributed by atoms with Gasteiger partial charge in [-0.25, -0.2) is 4.39 Å². The number of halogens is 1. The second kappa shape index (κ2) is 9.83. The fourth-order valence-electron chi connectivity index (χ4n) is 5.44. The maximum atomic E-state index is 14.7. The lowest BCUT2D eigenvalue weighted by molar-refractivity contribution is -0.126. The van der Waals surface area contributed by atoms with Crippen molar-refractivity contribution in [3.05, 3.63) is 47.9 Å². The number of carbonyl (C=O) groups excluding carboxylic acids is 1. The van der Waals surface area contributed by atoms with Crippen LogP contribution < -0.4 is 19.7 Å². The molecule has 2 N–H and O–H groups in total. The summed E-state index contributed by atoms with van der Waals surface area (Å²) in [4.78, 5) is 17.8. The molecule has 0 unspecified atom stereocenters. The van der Waals surface area contributed by atoms with Crippen LogP contribution in [0.3, 0.4) is 0 Å². The van der Waals surface area contributed by atoms with Crippen molar-refractivity contribution in [3.8, 4) is 11.5 Å². The topological polar surface area (TPSA) is 92.1 Å². The van der Waals surface area contributed by atoms with Crippen LogP contribution in [0.4, 0.5) is 10.1 Å². The molecule has 37 heavy (non-hydrogen) atoms. The number of aromatic nitrogens is 2. The summed E-state index contributed by atoms with van der Waals surface area (Å²) in [6.07, 6.45) is 2.57. The third kappa shape index (κ3) is 4.71. The summed E-state index contributed by atoms with van der Waals surface area (Å²) in [5.41, 5.74) is 2.48. The summed E-state index contributed by atoms with van der Waals surface area (Å²) in [6.45, 7) is 4.31. The molecule has 6 rings (SSSR count). The second-order valence-electron chi connectivity index (χ2n) is 10.2. The van der Waals surface area contributed by atoms with E-state index in [1.54, 1.807) is 6.07 Å². The predicted octanol–water partition coefficient (Wildman–Crippen LogP) is 2.23. The standard InChI is InChI=1S/C27H32FN5O4/c1-31-23-13-20(4-3-17(23)14-29-31)33-8-5-18(15-33)27(35)30-22(16-32-6-2-7-32)25(34)19-11-21(28)26-24(12-19)36-9-10-37-26/h3-4,11-14,18,22,25,34H,2,5-10,15-16H2,1H3,(H,30,35)/t18-,22-,25-/m1/s1. The molecule has 9 nitrogen and oxygen atoms in total. The molecule has 3 atom stereocenters. The molecule has 4 heterocycles. The largest absolute Gasteiger partial charge is 0.486 e. The van der Waals surface area contributed by atoms with Gasteiger partial charge in [0.1, 0.15) is 19.3 Å². The quantitative estimate of drug-likeness (QED) is 0.505. The normalized spacial score (nSPS) is 21.1. The zero-order chi connectivity index (χ0) is 25.5. The maximum absolute atomic E-state index is 14.7. The van der Waals surface area contributed by atoms with Gasteiger partial charge in [-0.1, -0.05) is 0 Å². The summed E-state index contributed by atoms with van der Waals surface area (Å²) in [7, 11) is 1.92. The van der Waals surface area contributed by atoms with Gasteiger partial charge >= 0.3 is 0 Å². The zero-order valence-corrected chi connectivity index (χ0v) is 20.9. The second-order valence-corrected chi connectivity index (χ2v) is 10.2. The number of benzene rings is 2. The van der Waals surface area contributed by atoms with Crippen molar-refractivity contribution in [2.45, 2.75) is 25.0 Å². The Bertz CT molecular complexity index is 1310. The van der Waals surface area contributed by atoms with Crippen molar-refractivity contribution in [1.82, 2.24) is 20.0 Å². The molecule has 10 heteroatoms. The van der Waals surface area contributed by atoms with Crippen molar-refractivity contribution in [2.75, 3.05) is 50.8 Å². The molecule has 2 aromatic carbocycles. The van der Waals surface area contributed by atoms with Crippen LogP contribution in [-0.4, -0.2) is 77.7 Å². The van der Waals surface area contributed by atoms with Crippen LogP contribution in [0.15, 0.2) is 36.5 Å². The molecule has 0 bridgehead atoms. The molecule has 0 spiro atoms. The van der Waals surface area contributed by atoms with Gasteiger partial charge in [-0.05, 0) is 61.8 Å². The number of aliphatic hydroxyl groups excluding tert-OH is 1. The van der Waals surface area contributed by atoms with Crippen LogP contribution >= 0.6 is 0 Å². The zero-order valence-electron chi connectivity index (χ0n) is 20.9. The lowest BCUT2D eigenvalue weighted by atomic mass is 9.98. The van der Waals surface area contributed by atoms with E-state index in [2.05, 4.69) is 38.4 Å². The average molecular weight is 510 g/mol.